The van der Waals surface area contributed by atoms with Gasteiger partial charge >= 0.3 is 0 Å². The van der Waals surface area contributed by atoms with Gasteiger partial charge in [-0.05, 0) is 18.8 Å². The number of nitrogens with zero attached hydrogens (tertiary/aromatic N) is 1. The molecule has 0 radical (unpaired) electrons. The number of morpholine rings is 1. The van der Waals surface area contributed by atoms with Gasteiger partial charge in [0.15, 0.2) is 0 Å². The summed E-state index contributed by atoms with van der Waals surface area (Å²) in [6.07, 6.45) is 2.65. The Hall–Kier alpha value is -0.120. The molecule has 2 saturated heterocycles. The van der Waals surface area contributed by atoms with E-state index in [-0.39, 0.29) is 0 Å². The molecule has 0 amide bonds. The van der Waals surface area contributed by atoms with E-state index >= 15 is 0 Å². The van der Waals surface area contributed by atoms with E-state index in [9.17, 15) is 0 Å². The van der Waals surface area contributed by atoms with Crippen LogP contribution in [0, 0.1) is 5.92 Å². The molecule has 2 rings (SSSR count). The van der Waals surface area contributed by atoms with Crippen LogP contribution in [0.5, 0.6) is 0 Å². The second kappa shape index (κ2) is 4.60. The SMILES string of the molecule is COC[C@H](C)CN1C2CCC1COC2. The lowest BCUT2D eigenvalue weighted by Gasteiger charge is -2.36. The Kier molecular flexibility index (Phi) is 3.42. The fourth-order valence-electron chi connectivity index (χ4n) is 2.71. The first-order valence-electron chi connectivity index (χ1n) is 5.63. The van der Waals surface area contributed by atoms with Crippen molar-refractivity contribution in [1.29, 1.82) is 0 Å². The van der Waals surface area contributed by atoms with Crippen LogP contribution in [0.1, 0.15) is 19.8 Å². The van der Waals surface area contributed by atoms with Crippen LogP contribution in [-0.2, 0) is 9.47 Å². The quantitative estimate of drug-likeness (QED) is 0.677. The summed E-state index contributed by atoms with van der Waals surface area (Å²) in [7, 11) is 1.78. The first kappa shape index (κ1) is 10.4. The number of methoxy groups -OCH3 is 1. The molecule has 3 atom stereocenters. The number of fused-ring (bicyclic) bond motifs is 2. The van der Waals surface area contributed by atoms with Crippen LogP contribution in [0.4, 0.5) is 0 Å². The molecule has 2 aliphatic rings. The molecular formula is C11H21NO2. The van der Waals surface area contributed by atoms with Gasteiger partial charge in [0.05, 0.1) is 13.2 Å². The van der Waals surface area contributed by atoms with Gasteiger partial charge in [-0.1, -0.05) is 6.92 Å². The van der Waals surface area contributed by atoms with E-state index in [1.54, 1.807) is 7.11 Å². The molecule has 14 heavy (non-hydrogen) atoms. The molecule has 0 aromatic rings. The maximum absolute atomic E-state index is 5.56. The molecule has 0 aromatic carbocycles. The topological polar surface area (TPSA) is 21.7 Å². The summed E-state index contributed by atoms with van der Waals surface area (Å²) in [4.78, 5) is 2.63. The Labute approximate surface area is 86.4 Å². The smallest absolute Gasteiger partial charge is 0.0622 e. The maximum Gasteiger partial charge on any atom is 0.0622 e. The molecular weight excluding hydrogens is 178 g/mol. The van der Waals surface area contributed by atoms with Crippen LogP contribution >= 0.6 is 0 Å². The third-order valence-electron chi connectivity index (χ3n) is 3.37. The largest absolute Gasteiger partial charge is 0.384 e. The summed E-state index contributed by atoms with van der Waals surface area (Å²) in [5.74, 6) is 0.640. The van der Waals surface area contributed by atoms with E-state index in [2.05, 4.69) is 11.8 Å². The molecule has 2 heterocycles. The van der Waals surface area contributed by atoms with E-state index in [0.29, 0.717) is 18.0 Å². The first-order valence-corrected chi connectivity index (χ1v) is 5.63. The maximum atomic E-state index is 5.56. The van der Waals surface area contributed by atoms with E-state index < -0.39 is 0 Å². The zero-order valence-corrected chi connectivity index (χ0v) is 9.24. The summed E-state index contributed by atoms with van der Waals surface area (Å²) in [6, 6.07) is 1.38. The Morgan fingerprint density at radius 2 is 2.00 bits per heavy atom. The standard InChI is InChI=1S/C11H21NO2/c1-9(6-13-2)5-12-10-3-4-11(12)8-14-7-10/h9-11H,3-8H2,1-2H3/t9-,10?,11?/m1/s1. The van der Waals surface area contributed by atoms with Crippen molar-refractivity contribution >= 4 is 0 Å². The molecule has 2 bridgehead atoms. The van der Waals surface area contributed by atoms with Gasteiger partial charge in [-0.25, -0.2) is 0 Å². The van der Waals surface area contributed by atoms with E-state index in [4.69, 9.17) is 9.47 Å². The zero-order chi connectivity index (χ0) is 9.97. The van der Waals surface area contributed by atoms with Gasteiger partial charge in [0.25, 0.3) is 0 Å². The number of hydrogen-bond donors (Lipinski definition) is 0. The predicted octanol–water partition coefficient (Wildman–Crippen LogP) is 1.13. The lowest BCUT2D eigenvalue weighted by molar-refractivity contribution is -0.0250. The Morgan fingerprint density at radius 1 is 1.36 bits per heavy atom. The van der Waals surface area contributed by atoms with Gasteiger partial charge in [-0.15, -0.1) is 0 Å². The van der Waals surface area contributed by atoms with Gasteiger partial charge < -0.3 is 9.47 Å². The highest BCUT2D eigenvalue weighted by molar-refractivity contribution is 4.91. The molecule has 2 fully saturated rings. The fraction of sp³-hybridized carbons (Fsp3) is 1.00. The van der Waals surface area contributed by atoms with Gasteiger partial charge in [0.2, 0.25) is 0 Å². The average Bonchev–Trinajstić information content (AvgIpc) is 2.41. The van der Waals surface area contributed by atoms with Gasteiger partial charge in [-0.3, -0.25) is 4.90 Å². The predicted molar refractivity (Wildman–Crippen MR) is 55.4 cm³/mol. The summed E-state index contributed by atoms with van der Waals surface area (Å²) in [5, 5.41) is 0. The number of hydrogen-bond acceptors (Lipinski definition) is 3. The van der Waals surface area contributed by atoms with Crippen molar-refractivity contribution in [1.82, 2.24) is 4.90 Å². The fourth-order valence-corrected chi connectivity index (χ4v) is 2.71. The number of ether oxygens (including phenoxy) is 2. The van der Waals surface area contributed by atoms with Gasteiger partial charge in [0.1, 0.15) is 0 Å². The number of rotatable bonds is 4. The lowest BCUT2D eigenvalue weighted by Crippen LogP contribution is -2.47. The van der Waals surface area contributed by atoms with Crippen molar-refractivity contribution < 1.29 is 9.47 Å². The summed E-state index contributed by atoms with van der Waals surface area (Å²) in [5.41, 5.74) is 0. The van der Waals surface area contributed by atoms with Crippen molar-refractivity contribution in [2.24, 2.45) is 5.92 Å². The average molecular weight is 199 g/mol. The summed E-state index contributed by atoms with van der Waals surface area (Å²) >= 11 is 0. The molecule has 0 aromatic heterocycles. The van der Waals surface area contributed by atoms with Crippen molar-refractivity contribution in [3.63, 3.8) is 0 Å². The highest BCUT2D eigenvalue weighted by Gasteiger charge is 2.37. The normalized spacial score (nSPS) is 34.7. The summed E-state index contributed by atoms with van der Waals surface area (Å²) in [6.45, 7) is 6.19. The minimum Gasteiger partial charge on any atom is -0.384 e. The van der Waals surface area contributed by atoms with Crippen molar-refractivity contribution in [2.75, 3.05) is 33.5 Å². The van der Waals surface area contributed by atoms with E-state index in [0.717, 1.165) is 19.8 Å². The van der Waals surface area contributed by atoms with E-state index in [1.165, 1.54) is 19.4 Å². The molecule has 2 aliphatic heterocycles. The Balaban J connectivity index is 1.85. The van der Waals surface area contributed by atoms with Gasteiger partial charge in [-0.2, -0.15) is 0 Å². The molecule has 3 heteroatoms. The van der Waals surface area contributed by atoms with Crippen LogP contribution in [0.15, 0.2) is 0 Å². The molecule has 3 nitrogen and oxygen atoms in total. The van der Waals surface area contributed by atoms with Crippen molar-refractivity contribution in [3.8, 4) is 0 Å². The highest BCUT2D eigenvalue weighted by Crippen LogP contribution is 2.29. The van der Waals surface area contributed by atoms with Crippen molar-refractivity contribution in [3.05, 3.63) is 0 Å². The molecule has 0 N–H and O–H groups in total. The Morgan fingerprint density at radius 3 is 2.57 bits per heavy atom. The first-order chi connectivity index (χ1) is 6.81. The van der Waals surface area contributed by atoms with Crippen LogP contribution < -0.4 is 0 Å². The molecule has 2 unspecified atom stereocenters. The Bertz CT molecular complexity index is 170. The third-order valence-corrected chi connectivity index (χ3v) is 3.37. The van der Waals surface area contributed by atoms with Gasteiger partial charge in [0, 0.05) is 32.3 Å². The monoisotopic (exact) mass is 199 g/mol. The molecule has 0 spiro atoms. The lowest BCUT2D eigenvalue weighted by atomic mass is 10.1. The van der Waals surface area contributed by atoms with Crippen LogP contribution in [-0.4, -0.2) is 50.5 Å². The minimum atomic E-state index is 0.640. The second-order valence-electron chi connectivity index (χ2n) is 4.68. The van der Waals surface area contributed by atoms with Crippen molar-refractivity contribution in [2.45, 2.75) is 31.8 Å². The minimum absolute atomic E-state index is 0.640. The van der Waals surface area contributed by atoms with E-state index in [1.807, 2.05) is 0 Å². The van der Waals surface area contributed by atoms with Crippen LogP contribution in [0.25, 0.3) is 0 Å². The molecule has 0 aliphatic carbocycles. The zero-order valence-electron chi connectivity index (χ0n) is 9.24. The molecule has 82 valence electrons. The second-order valence-corrected chi connectivity index (χ2v) is 4.68. The third kappa shape index (κ3) is 2.10. The summed E-state index contributed by atoms with van der Waals surface area (Å²) < 4.78 is 10.7. The van der Waals surface area contributed by atoms with Crippen LogP contribution in [0.3, 0.4) is 0 Å². The highest BCUT2D eigenvalue weighted by atomic mass is 16.5. The molecule has 0 saturated carbocycles. The van der Waals surface area contributed by atoms with Crippen LogP contribution in [0.2, 0.25) is 0 Å².